The number of aromatic nitrogens is 2. The molecule has 1 aromatic heterocycles. The van der Waals surface area contributed by atoms with Crippen LogP contribution in [0.15, 0.2) is 11.2 Å². The van der Waals surface area contributed by atoms with E-state index in [0.717, 1.165) is 18.2 Å². The average Bonchev–Trinajstić information content (AvgIpc) is 2.58. The number of esters is 1. The molecule has 0 spiro atoms. The third kappa shape index (κ3) is 5.77. The molecule has 0 fully saturated rings. The molecular weight excluding hydrogens is 348 g/mol. The van der Waals surface area contributed by atoms with E-state index in [1.165, 1.54) is 34.1 Å². The summed E-state index contributed by atoms with van der Waals surface area (Å²) in [6.07, 6.45) is 1.57. The minimum Gasteiger partial charge on any atom is -0.481 e. The molecule has 0 saturated heterocycles. The van der Waals surface area contributed by atoms with Gasteiger partial charge in [0.15, 0.2) is 5.16 Å². The summed E-state index contributed by atoms with van der Waals surface area (Å²) in [7, 11) is 2.88. The molecule has 140 valence electrons. The lowest BCUT2D eigenvalue weighted by atomic mass is 9.89. The van der Waals surface area contributed by atoms with E-state index in [-0.39, 0.29) is 23.5 Å². The van der Waals surface area contributed by atoms with Crippen LogP contribution in [0.25, 0.3) is 0 Å². The van der Waals surface area contributed by atoms with Gasteiger partial charge in [0.1, 0.15) is 5.25 Å². The van der Waals surface area contributed by atoms with Crippen molar-refractivity contribution in [1.29, 1.82) is 0 Å². The molecule has 1 unspecified atom stereocenters. The van der Waals surface area contributed by atoms with Crippen LogP contribution in [0.3, 0.4) is 0 Å². The predicted molar refractivity (Wildman–Crippen MR) is 92.1 cm³/mol. The number of carbonyl (C=O) groups is 2. The number of carbonyl (C=O) groups excluding carboxylic acids is 1. The van der Waals surface area contributed by atoms with E-state index in [2.05, 4.69) is 9.97 Å². The normalized spacial score (nSPS) is 12.4. The van der Waals surface area contributed by atoms with Crippen molar-refractivity contribution in [3.63, 3.8) is 0 Å². The van der Waals surface area contributed by atoms with E-state index in [9.17, 15) is 14.7 Å². The average molecular weight is 372 g/mol. The molecule has 1 atom stereocenters. The summed E-state index contributed by atoms with van der Waals surface area (Å²) in [4.78, 5) is 32.4. The Hall–Kier alpha value is -2.03. The second-order valence-electron chi connectivity index (χ2n) is 5.78. The van der Waals surface area contributed by atoms with Crippen LogP contribution < -0.4 is 9.47 Å². The number of carboxylic acid groups (broad SMARTS) is 1. The van der Waals surface area contributed by atoms with Crippen LogP contribution in [0, 0.1) is 5.41 Å². The zero-order valence-corrected chi connectivity index (χ0v) is 15.9. The highest BCUT2D eigenvalue weighted by Crippen LogP contribution is 2.36. The molecule has 0 aliphatic carbocycles. The van der Waals surface area contributed by atoms with Gasteiger partial charge in [0.25, 0.3) is 0 Å². The van der Waals surface area contributed by atoms with E-state index in [4.69, 9.17) is 14.2 Å². The topological polar surface area (TPSA) is 108 Å². The molecule has 0 aliphatic heterocycles. The fourth-order valence-corrected chi connectivity index (χ4v) is 2.80. The fourth-order valence-electron chi connectivity index (χ4n) is 1.75. The van der Waals surface area contributed by atoms with Crippen LogP contribution >= 0.6 is 11.8 Å². The number of ether oxygens (including phenoxy) is 3. The van der Waals surface area contributed by atoms with Crippen molar-refractivity contribution in [1.82, 2.24) is 9.97 Å². The van der Waals surface area contributed by atoms with Gasteiger partial charge < -0.3 is 19.3 Å². The minimum absolute atomic E-state index is 0.169. The van der Waals surface area contributed by atoms with Crippen molar-refractivity contribution >= 4 is 23.7 Å². The summed E-state index contributed by atoms with van der Waals surface area (Å²) in [5, 5.41) is 8.64. The van der Waals surface area contributed by atoms with Crippen molar-refractivity contribution in [3.05, 3.63) is 6.07 Å². The van der Waals surface area contributed by atoms with Gasteiger partial charge in [-0.25, -0.2) is 0 Å². The first-order valence-electron chi connectivity index (χ1n) is 7.80. The van der Waals surface area contributed by atoms with Crippen molar-refractivity contribution < 1.29 is 28.9 Å². The van der Waals surface area contributed by atoms with Crippen molar-refractivity contribution in [2.45, 2.75) is 44.0 Å². The Bertz CT molecular complexity index is 586. The molecular formula is C16H24N2O6S. The Kier molecular flexibility index (Phi) is 7.95. The molecule has 0 aromatic carbocycles. The van der Waals surface area contributed by atoms with Crippen LogP contribution in [0.2, 0.25) is 0 Å². The molecule has 25 heavy (non-hydrogen) atoms. The fraction of sp³-hybridized carbons (Fsp3) is 0.625. The maximum Gasteiger partial charge on any atom is 0.320 e. The molecule has 8 nitrogen and oxygen atoms in total. The van der Waals surface area contributed by atoms with Gasteiger partial charge in [0, 0.05) is 0 Å². The molecule has 0 bridgehead atoms. The lowest BCUT2D eigenvalue weighted by Crippen LogP contribution is -2.41. The number of unbranched alkanes of at least 4 members (excludes halogenated alkanes) is 1. The van der Waals surface area contributed by atoms with E-state index >= 15 is 0 Å². The van der Waals surface area contributed by atoms with Gasteiger partial charge in [0.05, 0.1) is 32.3 Å². The number of nitrogens with zero attached hydrogens (tertiary/aromatic N) is 2. The Morgan fingerprint density at radius 2 is 1.80 bits per heavy atom. The van der Waals surface area contributed by atoms with Crippen molar-refractivity contribution in [2.24, 2.45) is 5.41 Å². The molecule has 9 heteroatoms. The largest absolute Gasteiger partial charge is 0.481 e. The molecule has 1 aromatic rings. The van der Waals surface area contributed by atoms with Crippen LogP contribution in [0.1, 0.15) is 33.6 Å². The van der Waals surface area contributed by atoms with Crippen molar-refractivity contribution in [3.8, 4) is 11.8 Å². The molecule has 1 heterocycles. The Morgan fingerprint density at radius 1 is 1.24 bits per heavy atom. The zero-order chi connectivity index (χ0) is 19.0. The van der Waals surface area contributed by atoms with Gasteiger partial charge in [-0.3, -0.25) is 9.59 Å². The van der Waals surface area contributed by atoms with Gasteiger partial charge in [-0.05, 0) is 20.3 Å². The predicted octanol–water partition coefficient (Wildman–Crippen LogP) is 2.41. The van der Waals surface area contributed by atoms with Crippen LogP contribution in [-0.2, 0) is 14.3 Å². The smallest absolute Gasteiger partial charge is 0.320 e. The number of rotatable bonds is 10. The number of carboxylic acids is 1. The van der Waals surface area contributed by atoms with E-state index in [0.29, 0.717) is 6.42 Å². The Balaban J connectivity index is 3.12. The molecule has 1 N–H and O–H groups in total. The van der Waals surface area contributed by atoms with Gasteiger partial charge in [-0.1, -0.05) is 25.1 Å². The maximum atomic E-state index is 12.5. The molecule has 0 radical (unpaired) electrons. The number of aliphatic carboxylic acids is 1. The lowest BCUT2D eigenvalue weighted by molar-refractivity contribution is -0.155. The van der Waals surface area contributed by atoms with Gasteiger partial charge >= 0.3 is 11.9 Å². The second-order valence-corrected chi connectivity index (χ2v) is 6.85. The summed E-state index contributed by atoms with van der Waals surface area (Å²) >= 11 is 0.912. The van der Waals surface area contributed by atoms with Gasteiger partial charge in [-0.15, -0.1) is 0 Å². The van der Waals surface area contributed by atoms with Crippen LogP contribution in [0.5, 0.6) is 11.8 Å². The highest BCUT2D eigenvalue weighted by molar-refractivity contribution is 8.00. The standard InChI is InChI=1S/C16H24N2O6S/c1-6-7-8-24-13(19)12(16(2,3)14(20)21)25-15-17-10(22-4)9-11(18-15)23-5/h9,12H,6-8H2,1-5H3,(H,20,21). The van der Waals surface area contributed by atoms with E-state index in [1.54, 1.807) is 0 Å². The summed E-state index contributed by atoms with van der Waals surface area (Å²) in [6, 6.07) is 1.49. The number of thioether (sulfide) groups is 1. The summed E-state index contributed by atoms with van der Waals surface area (Å²) in [5.74, 6) is -1.23. The summed E-state index contributed by atoms with van der Waals surface area (Å²) < 4.78 is 15.4. The second kappa shape index (κ2) is 9.45. The Morgan fingerprint density at radius 3 is 2.24 bits per heavy atom. The van der Waals surface area contributed by atoms with Crippen molar-refractivity contribution in [2.75, 3.05) is 20.8 Å². The SMILES string of the molecule is CCCCOC(=O)C(Sc1nc(OC)cc(OC)n1)C(C)(C)C(=O)O. The third-order valence-corrected chi connectivity index (χ3v) is 4.87. The summed E-state index contributed by atoms with van der Waals surface area (Å²) in [6.45, 7) is 5.14. The third-order valence-electron chi connectivity index (χ3n) is 3.46. The number of hydrogen-bond donors (Lipinski definition) is 1. The quantitative estimate of drug-likeness (QED) is 0.287. The molecule has 0 aliphatic rings. The maximum absolute atomic E-state index is 12.5. The first-order valence-corrected chi connectivity index (χ1v) is 8.68. The Labute approximate surface area is 151 Å². The van der Waals surface area contributed by atoms with Gasteiger partial charge in [0.2, 0.25) is 11.8 Å². The number of methoxy groups -OCH3 is 2. The monoisotopic (exact) mass is 372 g/mol. The highest BCUT2D eigenvalue weighted by atomic mass is 32.2. The molecule has 0 saturated carbocycles. The lowest BCUT2D eigenvalue weighted by Gasteiger charge is -2.27. The number of hydrogen-bond acceptors (Lipinski definition) is 8. The molecule has 1 rings (SSSR count). The van der Waals surface area contributed by atoms with Gasteiger partial charge in [-0.2, -0.15) is 9.97 Å². The van der Waals surface area contributed by atoms with E-state index < -0.39 is 22.6 Å². The first-order chi connectivity index (χ1) is 11.8. The first kappa shape index (κ1) is 21.0. The molecule has 0 amide bonds. The highest BCUT2D eigenvalue weighted by Gasteiger charge is 2.44. The van der Waals surface area contributed by atoms with E-state index in [1.807, 2.05) is 6.92 Å². The van der Waals surface area contributed by atoms with Crippen LogP contribution in [0.4, 0.5) is 0 Å². The zero-order valence-electron chi connectivity index (χ0n) is 15.1. The minimum atomic E-state index is -1.38. The summed E-state index contributed by atoms with van der Waals surface area (Å²) in [5.41, 5.74) is -1.38. The van der Waals surface area contributed by atoms with Crippen LogP contribution in [-0.4, -0.2) is 53.1 Å².